The molecule has 1 atom stereocenters. The third kappa shape index (κ3) is 3.15. The number of carbonyl (C=O) groups excluding carboxylic acids is 2. The summed E-state index contributed by atoms with van der Waals surface area (Å²) in [5.74, 6) is -0.866. The van der Waals surface area contributed by atoms with Gasteiger partial charge in [-0.25, -0.2) is 4.79 Å². The van der Waals surface area contributed by atoms with E-state index in [4.69, 9.17) is 16.3 Å². The molecule has 2 aromatic rings. The molecular formula is C16H11BrClNO3. The van der Waals surface area contributed by atoms with Crippen LogP contribution in [0.5, 0.6) is 0 Å². The van der Waals surface area contributed by atoms with Crippen molar-refractivity contribution in [3.8, 4) is 0 Å². The lowest BCUT2D eigenvalue weighted by Crippen LogP contribution is -2.38. The summed E-state index contributed by atoms with van der Waals surface area (Å²) in [6.07, 6.45) is -0.550. The van der Waals surface area contributed by atoms with Gasteiger partial charge in [0.25, 0.3) is 5.91 Å². The molecule has 4 nitrogen and oxygen atoms in total. The SMILES string of the molecule is O=C1OC(C(=O)Nc2ccc(Br)cc2)Cc2cc(Cl)ccc21. The van der Waals surface area contributed by atoms with E-state index >= 15 is 0 Å². The van der Waals surface area contributed by atoms with Crippen LogP contribution in [-0.4, -0.2) is 18.0 Å². The van der Waals surface area contributed by atoms with E-state index in [0.717, 1.165) is 10.0 Å². The van der Waals surface area contributed by atoms with Gasteiger partial charge in [-0.05, 0) is 48.0 Å². The lowest BCUT2D eigenvalue weighted by atomic mass is 9.98. The molecule has 0 bridgehead atoms. The smallest absolute Gasteiger partial charge is 0.339 e. The second kappa shape index (κ2) is 6.10. The second-order valence-corrected chi connectivity index (χ2v) is 6.25. The third-order valence-corrected chi connectivity index (χ3v) is 4.11. The maximum atomic E-state index is 12.3. The predicted octanol–water partition coefficient (Wildman–Crippen LogP) is 3.82. The minimum absolute atomic E-state index is 0.310. The number of amides is 1. The summed E-state index contributed by atoms with van der Waals surface area (Å²) in [7, 11) is 0. The maximum absolute atomic E-state index is 12.3. The topological polar surface area (TPSA) is 55.4 Å². The van der Waals surface area contributed by atoms with Crippen LogP contribution < -0.4 is 5.32 Å². The highest BCUT2D eigenvalue weighted by Crippen LogP contribution is 2.25. The zero-order valence-electron chi connectivity index (χ0n) is 11.3. The first-order valence-corrected chi connectivity index (χ1v) is 7.76. The van der Waals surface area contributed by atoms with E-state index in [-0.39, 0.29) is 5.91 Å². The van der Waals surface area contributed by atoms with E-state index < -0.39 is 12.1 Å². The molecule has 22 heavy (non-hydrogen) atoms. The van der Waals surface area contributed by atoms with Crippen molar-refractivity contribution in [1.82, 2.24) is 0 Å². The summed E-state index contributed by atoms with van der Waals surface area (Å²) >= 11 is 9.27. The van der Waals surface area contributed by atoms with Gasteiger partial charge in [0.15, 0.2) is 6.10 Å². The Morgan fingerprint density at radius 3 is 2.68 bits per heavy atom. The number of esters is 1. The molecule has 0 spiro atoms. The highest BCUT2D eigenvalue weighted by Gasteiger charge is 2.31. The first kappa shape index (κ1) is 15.1. The number of anilines is 1. The van der Waals surface area contributed by atoms with E-state index in [1.54, 1.807) is 30.3 Å². The van der Waals surface area contributed by atoms with Gasteiger partial charge in [0, 0.05) is 21.6 Å². The van der Waals surface area contributed by atoms with Crippen LogP contribution in [0.15, 0.2) is 46.9 Å². The molecule has 0 saturated carbocycles. The van der Waals surface area contributed by atoms with Gasteiger partial charge in [-0.1, -0.05) is 27.5 Å². The Morgan fingerprint density at radius 2 is 1.95 bits per heavy atom. The van der Waals surface area contributed by atoms with Crippen LogP contribution >= 0.6 is 27.5 Å². The first-order valence-electron chi connectivity index (χ1n) is 6.59. The molecule has 0 radical (unpaired) electrons. The monoisotopic (exact) mass is 379 g/mol. The van der Waals surface area contributed by atoms with Crippen LogP contribution in [0.25, 0.3) is 0 Å². The largest absolute Gasteiger partial charge is 0.448 e. The molecule has 1 N–H and O–H groups in total. The Morgan fingerprint density at radius 1 is 1.23 bits per heavy atom. The summed E-state index contributed by atoms with van der Waals surface area (Å²) in [5.41, 5.74) is 1.82. The highest BCUT2D eigenvalue weighted by molar-refractivity contribution is 9.10. The van der Waals surface area contributed by atoms with Crippen molar-refractivity contribution >= 4 is 45.1 Å². The highest BCUT2D eigenvalue weighted by atomic mass is 79.9. The van der Waals surface area contributed by atoms with E-state index in [0.29, 0.717) is 22.7 Å². The summed E-state index contributed by atoms with van der Waals surface area (Å²) in [5, 5.41) is 3.26. The van der Waals surface area contributed by atoms with Crippen molar-refractivity contribution < 1.29 is 14.3 Å². The summed E-state index contributed by atoms with van der Waals surface area (Å²) in [4.78, 5) is 24.2. The van der Waals surface area contributed by atoms with Gasteiger partial charge in [0.2, 0.25) is 0 Å². The first-order chi connectivity index (χ1) is 10.5. The number of carbonyl (C=O) groups is 2. The van der Waals surface area contributed by atoms with Crippen molar-refractivity contribution in [2.45, 2.75) is 12.5 Å². The van der Waals surface area contributed by atoms with Gasteiger partial charge in [-0.15, -0.1) is 0 Å². The number of fused-ring (bicyclic) bond motifs is 1. The molecule has 3 rings (SSSR count). The third-order valence-electron chi connectivity index (χ3n) is 3.35. The summed E-state index contributed by atoms with van der Waals surface area (Å²) in [6.45, 7) is 0. The molecule has 1 amide bonds. The summed E-state index contributed by atoms with van der Waals surface area (Å²) in [6, 6.07) is 12.1. The minimum atomic E-state index is -0.859. The van der Waals surface area contributed by atoms with Gasteiger partial charge in [-0.2, -0.15) is 0 Å². The Hall–Kier alpha value is -1.85. The number of halogens is 2. The number of benzene rings is 2. The Labute approximate surface area is 140 Å². The molecule has 0 fully saturated rings. The molecule has 0 aromatic heterocycles. The van der Waals surface area contributed by atoms with Gasteiger partial charge >= 0.3 is 5.97 Å². The van der Waals surface area contributed by atoms with Crippen LogP contribution in [0.4, 0.5) is 5.69 Å². The number of hydrogen-bond acceptors (Lipinski definition) is 3. The van der Waals surface area contributed by atoms with Crippen LogP contribution in [0.3, 0.4) is 0 Å². The number of hydrogen-bond donors (Lipinski definition) is 1. The number of nitrogens with one attached hydrogen (secondary N) is 1. The van der Waals surface area contributed by atoms with E-state index in [9.17, 15) is 9.59 Å². The zero-order valence-corrected chi connectivity index (χ0v) is 13.6. The number of rotatable bonds is 2. The molecule has 1 aliphatic rings. The zero-order chi connectivity index (χ0) is 15.7. The number of ether oxygens (including phenoxy) is 1. The fourth-order valence-corrected chi connectivity index (χ4v) is 2.73. The average Bonchev–Trinajstić information content (AvgIpc) is 2.49. The van der Waals surface area contributed by atoms with Crippen LogP contribution in [0.1, 0.15) is 15.9 Å². The fourth-order valence-electron chi connectivity index (χ4n) is 2.27. The van der Waals surface area contributed by atoms with Gasteiger partial charge in [-0.3, -0.25) is 4.79 Å². The maximum Gasteiger partial charge on any atom is 0.339 e. The molecule has 2 aromatic carbocycles. The second-order valence-electron chi connectivity index (χ2n) is 4.90. The quantitative estimate of drug-likeness (QED) is 0.806. The number of cyclic esters (lactones) is 1. The normalized spacial score (nSPS) is 16.6. The lowest BCUT2D eigenvalue weighted by Gasteiger charge is -2.24. The standard InChI is InChI=1S/C16H11BrClNO3/c17-10-1-4-12(5-2-10)19-15(20)14-8-9-7-11(18)3-6-13(9)16(21)22-14/h1-7,14H,8H2,(H,19,20). The Kier molecular flexibility index (Phi) is 4.18. The van der Waals surface area contributed by atoms with E-state index in [1.165, 1.54) is 0 Å². The minimum Gasteiger partial charge on any atom is -0.448 e. The molecule has 0 saturated heterocycles. The van der Waals surface area contributed by atoms with Crippen molar-refractivity contribution in [2.24, 2.45) is 0 Å². The molecular weight excluding hydrogens is 370 g/mol. The van der Waals surface area contributed by atoms with Gasteiger partial charge < -0.3 is 10.1 Å². The average molecular weight is 381 g/mol. The Balaban J connectivity index is 1.77. The molecule has 1 heterocycles. The molecule has 1 unspecified atom stereocenters. The van der Waals surface area contributed by atoms with Gasteiger partial charge in [0.05, 0.1) is 5.56 Å². The van der Waals surface area contributed by atoms with Crippen molar-refractivity contribution in [3.05, 3.63) is 63.1 Å². The van der Waals surface area contributed by atoms with Crippen molar-refractivity contribution in [3.63, 3.8) is 0 Å². The molecule has 1 aliphatic heterocycles. The fraction of sp³-hybridized carbons (Fsp3) is 0.125. The molecule has 0 aliphatic carbocycles. The van der Waals surface area contributed by atoms with Crippen LogP contribution in [-0.2, 0) is 16.0 Å². The van der Waals surface area contributed by atoms with Crippen LogP contribution in [0, 0.1) is 0 Å². The lowest BCUT2D eigenvalue weighted by molar-refractivity contribution is -0.125. The van der Waals surface area contributed by atoms with Crippen molar-refractivity contribution in [2.75, 3.05) is 5.32 Å². The van der Waals surface area contributed by atoms with E-state index in [2.05, 4.69) is 21.2 Å². The van der Waals surface area contributed by atoms with Gasteiger partial charge in [0.1, 0.15) is 0 Å². The molecule has 6 heteroatoms. The van der Waals surface area contributed by atoms with E-state index in [1.807, 2.05) is 12.1 Å². The predicted molar refractivity (Wildman–Crippen MR) is 87.1 cm³/mol. The Bertz CT molecular complexity index is 746. The van der Waals surface area contributed by atoms with Crippen molar-refractivity contribution in [1.29, 1.82) is 0 Å². The summed E-state index contributed by atoms with van der Waals surface area (Å²) < 4.78 is 6.12. The molecule has 112 valence electrons. The van der Waals surface area contributed by atoms with Crippen LogP contribution in [0.2, 0.25) is 5.02 Å².